The van der Waals surface area contributed by atoms with Gasteiger partial charge in [-0.3, -0.25) is 9.59 Å². The number of hydrogen-bond acceptors (Lipinski definition) is 4. The van der Waals surface area contributed by atoms with Crippen LogP contribution in [-0.2, 0) is 14.3 Å². The van der Waals surface area contributed by atoms with E-state index in [4.69, 9.17) is 10.5 Å². The van der Waals surface area contributed by atoms with Gasteiger partial charge in [-0.25, -0.2) is 4.79 Å². The maximum atomic E-state index is 12.1. The van der Waals surface area contributed by atoms with E-state index >= 15 is 0 Å². The Kier molecular flexibility index (Phi) is 7.55. The van der Waals surface area contributed by atoms with E-state index in [0.29, 0.717) is 6.42 Å². The molecule has 0 saturated heterocycles. The largest absolute Gasteiger partial charge is 0.465 e. The number of likely N-dealkylation sites (N-methyl/N-ethyl adjacent to an activating group) is 1. The van der Waals surface area contributed by atoms with Gasteiger partial charge in [0.15, 0.2) is 0 Å². The van der Waals surface area contributed by atoms with Crippen LogP contribution in [0.3, 0.4) is 0 Å². The second-order valence-corrected chi connectivity index (χ2v) is 4.69. The van der Waals surface area contributed by atoms with Crippen LogP contribution in [0.1, 0.15) is 27.2 Å². The van der Waals surface area contributed by atoms with Crippen LogP contribution in [0, 0.1) is 5.92 Å². The molecule has 0 saturated carbocycles. The van der Waals surface area contributed by atoms with E-state index in [9.17, 15) is 14.4 Å². The summed E-state index contributed by atoms with van der Waals surface area (Å²) in [6.45, 7) is 5.65. The Bertz CT molecular complexity index is 331. The first-order chi connectivity index (χ1) is 8.77. The molecule has 0 spiro atoms. The van der Waals surface area contributed by atoms with Gasteiger partial charge in [0.25, 0.3) is 0 Å². The Morgan fingerprint density at radius 3 is 2.32 bits per heavy atom. The summed E-state index contributed by atoms with van der Waals surface area (Å²) in [4.78, 5) is 35.5. The van der Waals surface area contributed by atoms with Crippen molar-refractivity contribution in [1.29, 1.82) is 0 Å². The fourth-order valence-corrected chi connectivity index (χ4v) is 1.61. The topological polar surface area (TPSA) is 102 Å². The van der Waals surface area contributed by atoms with Crippen LogP contribution in [0.2, 0.25) is 0 Å². The Hall–Kier alpha value is -1.79. The van der Waals surface area contributed by atoms with Crippen LogP contribution < -0.4 is 11.1 Å². The molecule has 7 nitrogen and oxygen atoms in total. The van der Waals surface area contributed by atoms with Crippen LogP contribution in [0.4, 0.5) is 4.79 Å². The number of ether oxygens (including phenoxy) is 1. The zero-order valence-electron chi connectivity index (χ0n) is 11.9. The highest BCUT2D eigenvalue weighted by Crippen LogP contribution is 2.07. The standard InChI is InChI=1S/C12H23N3O4/c1-5-19-10(16)7-15(4)11(17)9(6-8(2)3)14-12(13)18/h8-9H,5-7H2,1-4H3,(H3,13,14,18). The monoisotopic (exact) mass is 273 g/mol. The van der Waals surface area contributed by atoms with Gasteiger partial charge in [0.2, 0.25) is 5.91 Å². The lowest BCUT2D eigenvalue weighted by atomic mass is 10.0. The molecule has 19 heavy (non-hydrogen) atoms. The molecule has 0 aliphatic rings. The summed E-state index contributed by atoms with van der Waals surface area (Å²) in [5.74, 6) is -0.641. The smallest absolute Gasteiger partial charge is 0.325 e. The molecule has 7 heteroatoms. The highest BCUT2D eigenvalue weighted by atomic mass is 16.5. The first-order valence-corrected chi connectivity index (χ1v) is 6.24. The molecule has 1 atom stereocenters. The Morgan fingerprint density at radius 2 is 1.89 bits per heavy atom. The molecular weight excluding hydrogens is 250 g/mol. The summed E-state index contributed by atoms with van der Waals surface area (Å²) in [6, 6.07) is -1.49. The summed E-state index contributed by atoms with van der Waals surface area (Å²) in [5.41, 5.74) is 5.04. The zero-order valence-corrected chi connectivity index (χ0v) is 11.9. The molecule has 0 aliphatic heterocycles. The SMILES string of the molecule is CCOC(=O)CN(C)C(=O)C(CC(C)C)NC(N)=O. The lowest BCUT2D eigenvalue weighted by Gasteiger charge is -2.24. The molecule has 110 valence electrons. The number of nitrogens with zero attached hydrogens (tertiary/aromatic N) is 1. The number of nitrogens with one attached hydrogen (secondary N) is 1. The van der Waals surface area contributed by atoms with E-state index in [1.54, 1.807) is 6.92 Å². The third-order valence-corrected chi connectivity index (χ3v) is 2.37. The summed E-state index contributed by atoms with van der Waals surface area (Å²) in [7, 11) is 1.48. The van der Waals surface area contributed by atoms with Crippen LogP contribution in [0.15, 0.2) is 0 Å². The van der Waals surface area contributed by atoms with Crippen LogP contribution >= 0.6 is 0 Å². The van der Waals surface area contributed by atoms with Crippen molar-refractivity contribution in [3.8, 4) is 0 Å². The van der Waals surface area contributed by atoms with Gasteiger partial charge in [-0.05, 0) is 19.3 Å². The van der Waals surface area contributed by atoms with Crippen molar-refractivity contribution >= 4 is 17.9 Å². The molecule has 0 aromatic heterocycles. The van der Waals surface area contributed by atoms with Gasteiger partial charge in [0.05, 0.1) is 6.61 Å². The van der Waals surface area contributed by atoms with Crippen molar-refractivity contribution in [3.63, 3.8) is 0 Å². The Labute approximate surface area is 113 Å². The minimum absolute atomic E-state index is 0.151. The minimum Gasteiger partial charge on any atom is -0.465 e. The normalized spacial score (nSPS) is 11.8. The van der Waals surface area contributed by atoms with E-state index < -0.39 is 18.0 Å². The van der Waals surface area contributed by atoms with E-state index in [0.717, 1.165) is 0 Å². The summed E-state index contributed by atoms with van der Waals surface area (Å²) < 4.78 is 4.76. The van der Waals surface area contributed by atoms with Crippen molar-refractivity contribution in [2.24, 2.45) is 11.7 Å². The maximum absolute atomic E-state index is 12.1. The van der Waals surface area contributed by atoms with Gasteiger partial charge in [0.1, 0.15) is 12.6 Å². The first-order valence-electron chi connectivity index (χ1n) is 6.24. The zero-order chi connectivity index (χ0) is 15.0. The highest BCUT2D eigenvalue weighted by Gasteiger charge is 2.25. The number of rotatable bonds is 7. The van der Waals surface area contributed by atoms with Gasteiger partial charge in [-0.1, -0.05) is 13.8 Å². The van der Waals surface area contributed by atoms with Gasteiger partial charge in [-0.15, -0.1) is 0 Å². The lowest BCUT2D eigenvalue weighted by Crippen LogP contribution is -2.50. The van der Waals surface area contributed by atoms with Gasteiger partial charge in [0, 0.05) is 7.05 Å². The van der Waals surface area contributed by atoms with Crippen molar-refractivity contribution in [2.45, 2.75) is 33.2 Å². The molecule has 0 fully saturated rings. The molecular formula is C12H23N3O4. The number of hydrogen-bond donors (Lipinski definition) is 2. The molecule has 0 rings (SSSR count). The van der Waals surface area contributed by atoms with E-state index in [2.05, 4.69) is 5.32 Å². The number of nitrogens with two attached hydrogens (primary N) is 1. The number of amides is 3. The highest BCUT2D eigenvalue weighted by molar-refractivity contribution is 5.88. The molecule has 0 aliphatic carbocycles. The summed E-state index contributed by atoms with van der Waals surface area (Å²) in [6.07, 6.45) is 0.453. The molecule has 1 unspecified atom stereocenters. The molecule has 0 bridgehead atoms. The number of urea groups is 1. The van der Waals surface area contributed by atoms with Gasteiger partial charge >= 0.3 is 12.0 Å². The third-order valence-electron chi connectivity index (χ3n) is 2.37. The Morgan fingerprint density at radius 1 is 1.32 bits per heavy atom. The number of carbonyl (C=O) groups excluding carboxylic acids is 3. The molecule has 0 radical (unpaired) electrons. The van der Waals surface area contributed by atoms with Crippen LogP contribution in [0.25, 0.3) is 0 Å². The van der Waals surface area contributed by atoms with Gasteiger partial charge < -0.3 is 20.7 Å². The fraction of sp³-hybridized carbons (Fsp3) is 0.750. The average molecular weight is 273 g/mol. The quantitative estimate of drug-likeness (QED) is 0.642. The first kappa shape index (κ1) is 17.2. The summed E-state index contributed by atoms with van der Waals surface area (Å²) in [5, 5.41) is 2.39. The predicted molar refractivity (Wildman–Crippen MR) is 70.2 cm³/mol. The fourth-order valence-electron chi connectivity index (χ4n) is 1.61. The maximum Gasteiger partial charge on any atom is 0.325 e. The lowest BCUT2D eigenvalue weighted by molar-refractivity contribution is -0.148. The Balaban J connectivity index is 4.59. The van der Waals surface area contributed by atoms with Gasteiger partial charge in [-0.2, -0.15) is 0 Å². The summed E-state index contributed by atoms with van der Waals surface area (Å²) >= 11 is 0. The van der Waals surface area contributed by atoms with Crippen molar-refractivity contribution < 1.29 is 19.1 Å². The molecule has 3 amide bonds. The van der Waals surface area contributed by atoms with Crippen molar-refractivity contribution in [1.82, 2.24) is 10.2 Å². The molecule has 0 aromatic carbocycles. The molecule has 0 heterocycles. The molecule has 0 aromatic rings. The van der Waals surface area contributed by atoms with Crippen LogP contribution in [-0.4, -0.2) is 49.0 Å². The van der Waals surface area contributed by atoms with E-state index in [1.807, 2.05) is 13.8 Å². The second kappa shape index (κ2) is 8.34. The van der Waals surface area contributed by atoms with Crippen molar-refractivity contribution in [2.75, 3.05) is 20.2 Å². The van der Waals surface area contributed by atoms with E-state index in [1.165, 1.54) is 11.9 Å². The predicted octanol–water partition coefficient (Wildman–Crippen LogP) is 0.0909. The van der Waals surface area contributed by atoms with E-state index in [-0.39, 0.29) is 25.0 Å². The average Bonchev–Trinajstić information content (AvgIpc) is 2.25. The molecule has 3 N–H and O–H groups in total. The van der Waals surface area contributed by atoms with Crippen LogP contribution in [0.5, 0.6) is 0 Å². The second-order valence-electron chi connectivity index (χ2n) is 4.69. The number of primary amides is 1. The minimum atomic E-state index is -0.761. The number of carbonyl (C=O) groups is 3. The van der Waals surface area contributed by atoms with Crippen molar-refractivity contribution in [3.05, 3.63) is 0 Å². The number of esters is 1. The third kappa shape index (κ3) is 7.28.